The Morgan fingerprint density at radius 3 is 2.89 bits per heavy atom. The molecule has 0 aromatic heterocycles. The molecule has 2 heterocycles. The van der Waals surface area contributed by atoms with E-state index in [0.717, 1.165) is 24.1 Å². The van der Waals surface area contributed by atoms with E-state index in [1.807, 2.05) is 6.92 Å². The number of rotatable bonds is 7. The van der Waals surface area contributed by atoms with Crippen molar-refractivity contribution in [3.63, 3.8) is 0 Å². The van der Waals surface area contributed by atoms with Crippen molar-refractivity contribution >= 4 is 0 Å². The van der Waals surface area contributed by atoms with Gasteiger partial charge in [-0.05, 0) is 61.3 Å². The molecule has 2 aliphatic heterocycles. The Balaban J connectivity index is 1.96. The summed E-state index contributed by atoms with van der Waals surface area (Å²) in [6.45, 7) is -0.0787. The number of nitrogens with zero attached hydrogens (tertiary/aromatic N) is 1. The maximum atomic E-state index is 13.8. The van der Waals surface area contributed by atoms with E-state index >= 15 is 0 Å². The largest absolute Gasteiger partial charge is 0.493 e. The van der Waals surface area contributed by atoms with Gasteiger partial charge in [-0.1, -0.05) is 13.8 Å². The predicted octanol–water partition coefficient (Wildman–Crippen LogP) is 3.42. The lowest BCUT2D eigenvalue weighted by Crippen LogP contribution is -2.58. The molecule has 0 unspecified atom stereocenters. The number of alkyl halides is 1. The quantitative estimate of drug-likeness (QED) is 0.755. The first-order valence-electron chi connectivity index (χ1n) is 12.6. The lowest BCUT2D eigenvalue weighted by molar-refractivity contribution is -0.0647. The monoisotopic (exact) mass is 385 g/mol. The van der Waals surface area contributed by atoms with Gasteiger partial charge in [0.15, 0.2) is 0 Å². The van der Waals surface area contributed by atoms with Gasteiger partial charge in [0.1, 0.15) is 5.75 Å². The van der Waals surface area contributed by atoms with Gasteiger partial charge in [-0.25, -0.2) is 0 Å². The number of halogens is 1. The van der Waals surface area contributed by atoms with Crippen molar-refractivity contribution in [1.29, 1.82) is 0 Å². The zero-order valence-electron chi connectivity index (χ0n) is 22.3. The van der Waals surface area contributed by atoms with Gasteiger partial charge in [0.05, 0.1) is 31.4 Å². The number of benzene rings is 1. The molecule has 2 aliphatic rings. The third-order valence-electron chi connectivity index (χ3n) is 6.03. The van der Waals surface area contributed by atoms with E-state index in [2.05, 4.69) is 18.7 Å². The summed E-state index contributed by atoms with van der Waals surface area (Å²) in [5.74, 6) is 0.490. The Bertz CT molecular complexity index is 878. The summed E-state index contributed by atoms with van der Waals surface area (Å²) >= 11 is 0. The number of aliphatic hydroxyl groups is 2. The van der Waals surface area contributed by atoms with Gasteiger partial charge in [0, 0.05) is 33.3 Å². The molecule has 5 heteroatoms. The van der Waals surface area contributed by atoms with Gasteiger partial charge >= 0.3 is 0 Å². The Hall–Kier alpha value is -1.17. The molecule has 0 spiro atoms. The van der Waals surface area contributed by atoms with Gasteiger partial charge in [0.2, 0.25) is 0 Å². The number of fused-ring (bicyclic) bond motifs is 3. The summed E-state index contributed by atoms with van der Waals surface area (Å²) < 4.78 is 64.0. The zero-order chi connectivity index (χ0) is 25.0. The fourth-order valence-corrected chi connectivity index (χ4v) is 4.71. The molecule has 1 aromatic carbocycles. The third kappa shape index (κ3) is 4.15. The van der Waals surface area contributed by atoms with E-state index in [-0.39, 0.29) is 17.2 Å². The van der Waals surface area contributed by atoms with Crippen LogP contribution in [0.1, 0.15) is 64.9 Å². The minimum atomic E-state index is -3.98. The lowest BCUT2D eigenvalue weighted by atomic mass is 9.71. The predicted molar refractivity (Wildman–Crippen MR) is 105 cm³/mol. The summed E-state index contributed by atoms with van der Waals surface area (Å²) in [5, 5.41) is 20.8. The summed E-state index contributed by atoms with van der Waals surface area (Å²) in [4.78, 5) is 2.34. The first-order chi connectivity index (χ1) is 15.0. The highest BCUT2D eigenvalue weighted by molar-refractivity contribution is 5.47. The minimum Gasteiger partial charge on any atom is -0.493 e. The van der Waals surface area contributed by atoms with Gasteiger partial charge in [-0.3, -0.25) is 9.29 Å². The number of ether oxygens (including phenoxy) is 1. The van der Waals surface area contributed by atoms with Crippen LogP contribution >= 0.6 is 0 Å². The SMILES string of the molecule is [2H]C([2H])(F)C([2H])([2H])C([2H])([2H])Oc1cc2c(cc1CO)[C@@]1(C)C[C@@H](O)[C@H](CC(C)C)CN1CC2. The van der Waals surface area contributed by atoms with Crippen LogP contribution in [0.25, 0.3) is 0 Å². The molecule has 27 heavy (non-hydrogen) atoms. The van der Waals surface area contributed by atoms with Crippen molar-refractivity contribution < 1.29 is 27.6 Å². The fourth-order valence-electron chi connectivity index (χ4n) is 4.71. The summed E-state index contributed by atoms with van der Waals surface area (Å²) in [6, 6.07) is 3.21. The molecule has 1 aromatic rings. The number of piperidine rings is 1. The van der Waals surface area contributed by atoms with Crippen LogP contribution in [0.15, 0.2) is 12.1 Å². The van der Waals surface area contributed by atoms with Crippen LogP contribution in [-0.4, -0.2) is 47.5 Å². The maximum Gasteiger partial charge on any atom is 0.125 e. The zero-order valence-corrected chi connectivity index (χ0v) is 16.3. The van der Waals surface area contributed by atoms with Crippen molar-refractivity contribution in [3.05, 3.63) is 28.8 Å². The van der Waals surface area contributed by atoms with E-state index in [4.69, 9.17) is 13.0 Å². The van der Waals surface area contributed by atoms with Crippen LogP contribution < -0.4 is 4.74 Å². The Kier molecular flexibility index (Phi) is 4.36. The second kappa shape index (κ2) is 8.46. The highest BCUT2D eigenvalue weighted by Gasteiger charge is 2.46. The molecule has 0 radical (unpaired) electrons. The first-order valence-corrected chi connectivity index (χ1v) is 9.61. The number of hydrogen-bond acceptors (Lipinski definition) is 4. The molecule has 4 nitrogen and oxygen atoms in total. The maximum absolute atomic E-state index is 13.8. The number of hydrogen-bond donors (Lipinski definition) is 2. The van der Waals surface area contributed by atoms with Crippen LogP contribution in [0.3, 0.4) is 0 Å². The van der Waals surface area contributed by atoms with Crippen molar-refractivity contribution in [1.82, 2.24) is 4.90 Å². The van der Waals surface area contributed by atoms with Crippen molar-refractivity contribution in [2.45, 2.75) is 64.7 Å². The fraction of sp³-hybridized carbons (Fsp3) is 0.727. The molecular formula is C22H34FNO3. The number of aliphatic hydroxyl groups excluding tert-OH is 2. The molecular weight excluding hydrogens is 345 g/mol. The molecule has 0 saturated carbocycles. The van der Waals surface area contributed by atoms with Gasteiger partial charge in [-0.2, -0.15) is 0 Å². The van der Waals surface area contributed by atoms with Crippen molar-refractivity contribution in [2.24, 2.45) is 11.8 Å². The second-order valence-corrected chi connectivity index (χ2v) is 8.33. The molecule has 152 valence electrons. The van der Waals surface area contributed by atoms with E-state index < -0.39 is 37.8 Å². The second-order valence-electron chi connectivity index (χ2n) is 8.33. The third-order valence-corrected chi connectivity index (χ3v) is 6.03. The van der Waals surface area contributed by atoms with Crippen LogP contribution in [0.5, 0.6) is 5.75 Å². The molecule has 0 amide bonds. The molecule has 2 N–H and O–H groups in total. The van der Waals surface area contributed by atoms with E-state index in [1.54, 1.807) is 6.07 Å². The Labute approximate surface area is 170 Å². The highest BCUT2D eigenvalue weighted by Crippen LogP contribution is 2.46. The molecule has 1 saturated heterocycles. The topological polar surface area (TPSA) is 52.9 Å². The van der Waals surface area contributed by atoms with E-state index in [9.17, 15) is 14.6 Å². The molecule has 3 rings (SSSR count). The van der Waals surface area contributed by atoms with Gasteiger partial charge < -0.3 is 14.9 Å². The van der Waals surface area contributed by atoms with E-state index in [0.29, 0.717) is 25.3 Å². The van der Waals surface area contributed by atoms with Crippen LogP contribution in [-0.2, 0) is 18.6 Å². The first kappa shape index (κ1) is 13.9. The normalized spacial score (nSPS) is 33.0. The summed E-state index contributed by atoms with van der Waals surface area (Å²) in [6.07, 6.45) is -2.04. The highest BCUT2D eigenvalue weighted by atomic mass is 19.1. The Morgan fingerprint density at radius 1 is 1.44 bits per heavy atom. The average molecular weight is 386 g/mol. The van der Waals surface area contributed by atoms with Gasteiger partial charge in [-0.15, -0.1) is 0 Å². The van der Waals surface area contributed by atoms with Crippen molar-refractivity contribution in [2.75, 3.05) is 26.3 Å². The standard InChI is InChI=1S/C22H34FNO3/c1-15(2)9-17-13-24-7-5-16-11-21(27-8-4-6-23)18(14-25)10-19(16)22(24,3)12-20(17)26/h10-11,15,17,20,25-26H,4-9,12-14H2,1-3H3/t17-,20-,22-/m1/s1/i4D2,6D2,8D2. The van der Waals surface area contributed by atoms with Gasteiger partial charge in [0.25, 0.3) is 0 Å². The van der Waals surface area contributed by atoms with E-state index in [1.165, 1.54) is 6.07 Å². The summed E-state index contributed by atoms with van der Waals surface area (Å²) in [5.41, 5.74) is 1.40. The smallest absolute Gasteiger partial charge is 0.125 e. The Morgan fingerprint density at radius 2 is 2.22 bits per heavy atom. The lowest BCUT2D eigenvalue weighted by Gasteiger charge is -2.53. The van der Waals surface area contributed by atoms with Crippen molar-refractivity contribution in [3.8, 4) is 5.75 Å². The molecule has 0 aliphatic carbocycles. The molecule has 3 atom stereocenters. The van der Waals surface area contributed by atoms with Crippen LogP contribution in [0.4, 0.5) is 4.39 Å². The summed E-state index contributed by atoms with van der Waals surface area (Å²) in [7, 11) is 0. The molecule has 0 bridgehead atoms. The average Bonchev–Trinajstić information content (AvgIpc) is 2.67. The van der Waals surface area contributed by atoms with Crippen LogP contribution in [0, 0.1) is 11.8 Å². The molecule has 1 fully saturated rings. The minimum absolute atomic E-state index is 0.152. The van der Waals surface area contributed by atoms with Crippen LogP contribution in [0.2, 0.25) is 0 Å².